The molecule has 0 amide bonds. The first-order valence-corrected chi connectivity index (χ1v) is 20.8. The van der Waals surface area contributed by atoms with Gasteiger partial charge in [-0.2, -0.15) is 0 Å². The lowest BCUT2D eigenvalue weighted by atomic mass is 9.99. The van der Waals surface area contributed by atoms with Crippen LogP contribution in [-0.2, 0) is 0 Å². The maximum atomic E-state index is 7.35. The number of fused-ring (bicyclic) bond motifs is 5. The van der Waals surface area contributed by atoms with Crippen LogP contribution in [0.1, 0.15) is 0 Å². The summed E-state index contributed by atoms with van der Waals surface area (Å²) in [5.41, 5.74) is 14.7. The number of rotatable bonds is 9. The van der Waals surface area contributed by atoms with Gasteiger partial charge in [0.05, 0.1) is 28.1 Å². The highest BCUT2D eigenvalue weighted by molar-refractivity contribution is 6.22. The zero-order valence-electron chi connectivity index (χ0n) is 33.4. The molecule has 11 rings (SSSR count). The van der Waals surface area contributed by atoms with Crippen LogP contribution in [0.5, 0.6) is 0 Å². The second kappa shape index (κ2) is 15.6. The molecule has 0 unspecified atom stereocenters. The van der Waals surface area contributed by atoms with E-state index in [1.165, 1.54) is 5.56 Å². The predicted molar refractivity (Wildman–Crippen MR) is 257 cm³/mol. The summed E-state index contributed by atoms with van der Waals surface area (Å²) in [5, 5.41) is 4.30. The van der Waals surface area contributed by atoms with Crippen molar-refractivity contribution in [3.63, 3.8) is 0 Å². The fraction of sp³-hybridized carbons (Fsp3) is 0. The molecule has 3 nitrogen and oxygen atoms in total. The maximum absolute atomic E-state index is 7.35. The first kappa shape index (κ1) is 36.0. The van der Waals surface area contributed by atoms with Crippen LogP contribution in [-0.4, -0.2) is 0 Å². The molecule has 3 heteroatoms. The highest BCUT2D eigenvalue weighted by atomic mass is 16.3. The smallest absolute Gasteiger partial charge is 0.161 e. The number of hydrogen-bond donors (Lipinski definition) is 0. The number of furan rings is 1. The molecule has 288 valence electrons. The summed E-state index contributed by atoms with van der Waals surface area (Å²) in [5.74, 6) is 0. The van der Waals surface area contributed by atoms with Crippen LogP contribution < -0.4 is 9.80 Å². The monoisotopic (exact) mass is 780 g/mol. The van der Waals surface area contributed by atoms with Gasteiger partial charge in [0.2, 0.25) is 0 Å². The van der Waals surface area contributed by atoms with Gasteiger partial charge in [-0.15, -0.1) is 0 Å². The standard InChI is InChI=1S/C58H40N2O/c1-5-19-41(20-6-1)42-33-36-47(37-34-42)59(52-31-17-15-28-48(52)43-21-7-2-8-22-43)54-39-40-55(58-56(54)51-38-35-45-25-13-14-30-50(45)57(51)61-58)60(46-26-11-4-12-27-46)53-32-18-16-29-49(53)44-23-9-3-10-24-44/h1-40H. The summed E-state index contributed by atoms with van der Waals surface area (Å²) >= 11 is 0. The Hall–Kier alpha value is -8.14. The van der Waals surface area contributed by atoms with Crippen LogP contribution in [0.25, 0.3) is 66.1 Å². The maximum Gasteiger partial charge on any atom is 0.161 e. The highest BCUT2D eigenvalue weighted by Gasteiger charge is 2.28. The lowest BCUT2D eigenvalue weighted by Crippen LogP contribution is -2.14. The molecule has 0 atom stereocenters. The van der Waals surface area contributed by atoms with Gasteiger partial charge in [0.25, 0.3) is 0 Å². The van der Waals surface area contributed by atoms with Crippen LogP contribution in [0, 0.1) is 0 Å². The average Bonchev–Trinajstić information content (AvgIpc) is 3.75. The molecule has 1 heterocycles. The van der Waals surface area contributed by atoms with Crippen molar-refractivity contribution in [2.24, 2.45) is 0 Å². The molecule has 0 saturated heterocycles. The molecule has 1 aromatic heterocycles. The van der Waals surface area contributed by atoms with E-state index in [0.717, 1.165) is 94.7 Å². The van der Waals surface area contributed by atoms with Crippen molar-refractivity contribution in [1.82, 2.24) is 0 Å². The minimum absolute atomic E-state index is 0.804. The van der Waals surface area contributed by atoms with Gasteiger partial charge in [-0.1, -0.05) is 188 Å². The summed E-state index contributed by atoms with van der Waals surface area (Å²) in [6.45, 7) is 0. The van der Waals surface area contributed by atoms with Gasteiger partial charge in [0, 0.05) is 33.3 Å². The third-order valence-electron chi connectivity index (χ3n) is 11.7. The number of para-hydroxylation sites is 3. The van der Waals surface area contributed by atoms with Gasteiger partial charge < -0.3 is 14.2 Å². The predicted octanol–water partition coefficient (Wildman–Crippen LogP) is 16.7. The SMILES string of the molecule is c1ccc(-c2ccc(N(c3ccccc3-c3ccccc3)c3ccc(N(c4ccccc4)c4ccccc4-c4ccccc4)c4oc5c6ccccc6ccc5c34)cc2)cc1. The number of hydrogen-bond acceptors (Lipinski definition) is 3. The van der Waals surface area contributed by atoms with Gasteiger partial charge in [0.15, 0.2) is 5.58 Å². The number of anilines is 6. The Kier molecular flexibility index (Phi) is 9.18. The summed E-state index contributed by atoms with van der Waals surface area (Å²) in [7, 11) is 0. The van der Waals surface area contributed by atoms with Crippen molar-refractivity contribution >= 4 is 66.8 Å². The van der Waals surface area contributed by atoms with Crippen molar-refractivity contribution in [2.45, 2.75) is 0 Å². The van der Waals surface area contributed by atoms with E-state index in [-0.39, 0.29) is 0 Å². The lowest BCUT2D eigenvalue weighted by molar-refractivity contribution is 0.673. The molecule has 0 aliphatic carbocycles. The fourth-order valence-electron chi connectivity index (χ4n) is 8.83. The Labute approximate surface area is 355 Å². The quantitative estimate of drug-likeness (QED) is 0.145. The van der Waals surface area contributed by atoms with E-state index in [0.29, 0.717) is 0 Å². The molecular formula is C58H40N2O. The van der Waals surface area contributed by atoms with E-state index < -0.39 is 0 Å². The molecule has 11 aromatic rings. The Morgan fingerprint density at radius 3 is 1.34 bits per heavy atom. The summed E-state index contributed by atoms with van der Waals surface area (Å²) in [6.07, 6.45) is 0. The first-order chi connectivity index (χ1) is 30.3. The summed E-state index contributed by atoms with van der Waals surface area (Å²) in [4.78, 5) is 4.77. The summed E-state index contributed by atoms with van der Waals surface area (Å²) < 4.78 is 7.35. The van der Waals surface area contributed by atoms with Gasteiger partial charge in [-0.05, 0) is 82.2 Å². The van der Waals surface area contributed by atoms with E-state index in [9.17, 15) is 0 Å². The molecule has 0 aliphatic heterocycles. The zero-order valence-corrected chi connectivity index (χ0v) is 33.4. The molecular weight excluding hydrogens is 741 g/mol. The first-order valence-electron chi connectivity index (χ1n) is 20.8. The van der Waals surface area contributed by atoms with Crippen LogP contribution >= 0.6 is 0 Å². The summed E-state index contributed by atoms with van der Waals surface area (Å²) in [6, 6.07) is 86.3. The molecule has 0 radical (unpaired) electrons. The van der Waals surface area contributed by atoms with Crippen LogP contribution in [0.2, 0.25) is 0 Å². The Morgan fingerprint density at radius 2 is 0.721 bits per heavy atom. The average molecular weight is 781 g/mol. The van der Waals surface area contributed by atoms with E-state index in [2.05, 4.69) is 252 Å². The molecule has 0 aliphatic rings. The van der Waals surface area contributed by atoms with Gasteiger partial charge >= 0.3 is 0 Å². The Morgan fingerprint density at radius 1 is 0.262 bits per heavy atom. The van der Waals surface area contributed by atoms with E-state index in [1.54, 1.807) is 0 Å². The Balaban J connectivity index is 1.23. The van der Waals surface area contributed by atoms with Crippen LogP contribution in [0.4, 0.5) is 34.1 Å². The van der Waals surface area contributed by atoms with E-state index in [1.807, 2.05) is 0 Å². The molecule has 0 bridgehead atoms. The van der Waals surface area contributed by atoms with E-state index >= 15 is 0 Å². The number of benzene rings is 10. The second-order valence-electron chi connectivity index (χ2n) is 15.3. The topological polar surface area (TPSA) is 19.6 Å². The van der Waals surface area contributed by atoms with Crippen LogP contribution in [0.3, 0.4) is 0 Å². The largest absolute Gasteiger partial charge is 0.453 e. The van der Waals surface area contributed by atoms with Gasteiger partial charge in [0.1, 0.15) is 5.58 Å². The third kappa shape index (κ3) is 6.50. The van der Waals surface area contributed by atoms with Crippen molar-refractivity contribution in [2.75, 3.05) is 9.80 Å². The normalized spacial score (nSPS) is 11.3. The van der Waals surface area contributed by atoms with Crippen molar-refractivity contribution in [1.29, 1.82) is 0 Å². The molecule has 0 saturated carbocycles. The molecule has 0 spiro atoms. The second-order valence-corrected chi connectivity index (χ2v) is 15.3. The molecule has 0 fully saturated rings. The van der Waals surface area contributed by atoms with Crippen molar-refractivity contribution < 1.29 is 4.42 Å². The minimum atomic E-state index is 0.804. The molecule has 0 N–H and O–H groups in total. The highest BCUT2D eigenvalue weighted by Crippen LogP contribution is 2.52. The third-order valence-corrected chi connectivity index (χ3v) is 11.7. The van der Waals surface area contributed by atoms with Crippen molar-refractivity contribution in [3.8, 4) is 33.4 Å². The number of nitrogens with zero attached hydrogens (tertiary/aromatic N) is 2. The van der Waals surface area contributed by atoms with Gasteiger partial charge in [-0.25, -0.2) is 0 Å². The van der Waals surface area contributed by atoms with Crippen LogP contribution in [0.15, 0.2) is 247 Å². The van der Waals surface area contributed by atoms with E-state index in [4.69, 9.17) is 4.42 Å². The molecule has 10 aromatic carbocycles. The van der Waals surface area contributed by atoms with Crippen molar-refractivity contribution in [3.05, 3.63) is 243 Å². The minimum Gasteiger partial charge on any atom is -0.453 e. The van der Waals surface area contributed by atoms with Gasteiger partial charge in [-0.3, -0.25) is 0 Å². The molecule has 61 heavy (non-hydrogen) atoms. The lowest BCUT2D eigenvalue weighted by Gasteiger charge is -2.31. The Bertz CT molecular complexity index is 3290. The zero-order chi connectivity index (χ0) is 40.5. The fourth-order valence-corrected chi connectivity index (χ4v) is 8.83.